The Labute approximate surface area is 152 Å². The molecule has 1 aromatic rings. The van der Waals surface area contributed by atoms with E-state index >= 15 is 0 Å². The van der Waals surface area contributed by atoms with Crippen LogP contribution in [0.5, 0.6) is 5.75 Å². The van der Waals surface area contributed by atoms with E-state index in [2.05, 4.69) is 39.1 Å². The van der Waals surface area contributed by atoms with E-state index in [4.69, 9.17) is 9.47 Å². The lowest BCUT2D eigenvalue weighted by Gasteiger charge is -2.33. The molecule has 1 atom stereocenters. The molecule has 1 saturated heterocycles. The Bertz CT molecular complexity index is 565. The van der Waals surface area contributed by atoms with Gasteiger partial charge in [-0.3, -0.25) is 4.90 Å². The molecule has 6 heteroatoms. The number of hydrogen-bond acceptors (Lipinski definition) is 5. The van der Waals surface area contributed by atoms with E-state index in [0.29, 0.717) is 12.6 Å². The summed E-state index contributed by atoms with van der Waals surface area (Å²) in [6, 6.07) is 4.68. The summed E-state index contributed by atoms with van der Waals surface area (Å²) in [4.78, 5) is 14.0. The molecule has 1 fully saturated rings. The normalized spacial score (nSPS) is 18.4. The summed E-state index contributed by atoms with van der Waals surface area (Å²) in [6.07, 6.45) is 2.41. The van der Waals surface area contributed by atoms with Gasteiger partial charge in [0.2, 0.25) is 0 Å². The quantitative estimate of drug-likeness (QED) is 0.715. The molecule has 1 aliphatic heterocycles. The molecule has 1 aliphatic rings. The maximum absolute atomic E-state index is 11.6. The fourth-order valence-electron chi connectivity index (χ4n) is 3.09. The second kappa shape index (κ2) is 9.39. The SMILES string of the molecule is CCOC(=O)COc1c(Br)cc(C)cc1CN1CCCC(NC)C1. The molecule has 0 saturated carbocycles. The fourth-order valence-corrected chi connectivity index (χ4v) is 3.82. The first-order valence-corrected chi connectivity index (χ1v) is 9.29. The number of likely N-dealkylation sites (tertiary alicyclic amines) is 1. The fraction of sp³-hybridized carbons (Fsp3) is 0.611. The van der Waals surface area contributed by atoms with Crippen molar-refractivity contribution >= 4 is 21.9 Å². The second-order valence-electron chi connectivity index (χ2n) is 6.19. The van der Waals surface area contributed by atoms with Crippen LogP contribution in [0.3, 0.4) is 0 Å². The summed E-state index contributed by atoms with van der Waals surface area (Å²) >= 11 is 3.57. The first kappa shape index (κ1) is 19.2. The van der Waals surface area contributed by atoms with Crippen molar-refractivity contribution < 1.29 is 14.3 Å². The number of nitrogens with one attached hydrogen (secondary N) is 1. The molecule has 1 heterocycles. The van der Waals surface area contributed by atoms with E-state index < -0.39 is 0 Å². The summed E-state index contributed by atoms with van der Waals surface area (Å²) in [6.45, 7) is 7.08. The molecule has 0 aliphatic carbocycles. The summed E-state index contributed by atoms with van der Waals surface area (Å²) in [7, 11) is 2.02. The highest BCUT2D eigenvalue weighted by molar-refractivity contribution is 9.10. The molecule has 5 nitrogen and oxygen atoms in total. The zero-order valence-corrected chi connectivity index (χ0v) is 16.3. The third-order valence-corrected chi connectivity index (χ3v) is 4.80. The van der Waals surface area contributed by atoms with Crippen molar-refractivity contribution in [3.8, 4) is 5.75 Å². The molecule has 0 aromatic heterocycles. The minimum Gasteiger partial charge on any atom is -0.480 e. The predicted molar refractivity (Wildman–Crippen MR) is 98.4 cm³/mol. The van der Waals surface area contributed by atoms with Crippen LogP contribution in [-0.4, -0.2) is 50.3 Å². The van der Waals surface area contributed by atoms with Gasteiger partial charge in [0.05, 0.1) is 11.1 Å². The lowest BCUT2D eigenvalue weighted by Crippen LogP contribution is -2.43. The number of nitrogens with zero attached hydrogens (tertiary/aromatic N) is 1. The van der Waals surface area contributed by atoms with Gasteiger partial charge in [0, 0.05) is 24.7 Å². The number of carbonyl (C=O) groups excluding carboxylic acids is 1. The number of carbonyl (C=O) groups is 1. The van der Waals surface area contributed by atoms with Crippen LogP contribution in [0.1, 0.15) is 30.9 Å². The van der Waals surface area contributed by atoms with E-state index in [1.54, 1.807) is 6.92 Å². The van der Waals surface area contributed by atoms with E-state index in [9.17, 15) is 4.79 Å². The number of piperidine rings is 1. The maximum atomic E-state index is 11.6. The molecule has 1 N–H and O–H groups in total. The van der Waals surface area contributed by atoms with Gasteiger partial charge in [0.25, 0.3) is 0 Å². The van der Waals surface area contributed by atoms with E-state index in [1.165, 1.54) is 18.4 Å². The van der Waals surface area contributed by atoms with Crippen LogP contribution in [0.2, 0.25) is 0 Å². The van der Waals surface area contributed by atoms with Crippen LogP contribution in [0, 0.1) is 6.92 Å². The highest BCUT2D eigenvalue weighted by Crippen LogP contribution is 2.32. The Morgan fingerprint density at radius 1 is 1.46 bits per heavy atom. The van der Waals surface area contributed by atoms with Crippen molar-refractivity contribution in [1.82, 2.24) is 10.2 Å². The minimum atomic E-state index is -0.343. The van der Waals surface area contributed by atoms with E-state index in [-0.39, 0.29) is 12.6 Å². The number of aryl methyl sites for hydroxylation is 1. The molecule has 24 heavy (non-hydrogen) atoms. The number of rotatable bonds is 7. The summed E-state index contributed by atoms with van der Waals surface area (Å²) < 4.78 is 11.6. The highest BCUT2D eigenvalue weighted by atomic mass is 79.9. The third-order valence-electron chi connectivity index (χ3n) is 4.21. The van der Waals surface area contributed by atoms with Crippen LogP contribution in [0.25, 0.3) is 0 Å². The molecule has 0 amide bonds. The first-order valence-electron chi connectivity index (χ1n) is 8.50. The van der Waals surface area contributed by atoms with Gasteiger partial charge in [-0.2, -0.15) is 0 Å². The molecular weight excluding hydrogens is 372 g/mol. The number of benzene rings is 1. The Morgan fingerprint density at radius 2 is 2.25 bits per heavy atom. The first-order chi connectivity index (χ1) is 11.5. The van der Waals surface area contributed by atoms with E-state index in [1.807, 2.05) is 13.1 Å². The number of esters is 1. The Morgan fingerprint density at radius 3 is 2.96 bits per heavy atom. The molecule has 0 bridgehead atoms. The number of ether oxygens (including phenoxy) is 2. The molecule has 134 valence electrons. The number of hydrogen-bond donors (Lipinski definition) is 1. The van der Waals surface area contributed by atoms with Gasteiger partial charge in [-0.15, -0.1) is 0 Å². The average Bonchev–Trinajstić information content (AvgIpc) is 2.54. The van der Waals surface area contributed by atoms with Crippen molar-refractivity contribution in [1.29, 1.82) is 0 Å². The van der Waals surface area contributed by atoms with Crippen LogP contribution >= 0.6 is 15.9 Å². The highest BCUT2D eigenvalue weighted by Gasteiger charge is 2.21. The van der Waals surface area contributed by atoms with Crippen LogP contribution in [0.4, 0.5) is 0 Å². The minimum absolute atomic E-state index is 0.0678. The van der Waals surface area contributed by atoms with Gasteiger partial charge < -0.3 is 14.8 Å². The Hall–Kier alpha value is -1.11. The van der Waals surface area contributed by atoms with Crippen molar-refractivity contribution in [2.45, 2.75) is 39.3 Å². The summed E-state index contributed by atoms with van der Waals surface area (Å²) in [5.41, 5.74) is 2.27. The molecule has 1 unspecified atom stereocenters. The van der Waals surface area contributed by atoms with E-state index in [0.717, 1.165) is 35.4 Å². The van der Waals surface area contributed by atoms with Gasteiger partial charge in [0.1, 0.15) is 5.75 Å². The van der Waals surface area contributed by atoms with Gasteiger partial charge >= 0.3 is 5.97 Å². The van der Waals surface area contributed by atoms with Crippen molar-refractivity contribution in [3.05, 3.63) is 27.7 Å². The smallest absolute Gasteiger partial charge is 0.344 e. The molecule has 0 spiro atoms. The Kier molecular flexibility index (Phi) is 7.52. The molecule has 0 radical (unpaired) electrons. The van der Waals surface area contributed by atoms with Crippen LogP contribution in [-0.2, 0) is 16.1 Å². The number of halogens is 1. The van der Waals surface area contributed by atoms with Crippen LogP contribution < -0.4 is 10.1 Å². The molecular formula is C18H27BrN2O3. The van der Waals surface area contributed by atoms with Gasteiger partial charge in [0.15, 0.2) is 6.61 Å². The zero-order valence-electron chi connectivity index (χ0n) is 14.7. The summed E-state index contributed by atoms with van der Waals surface area (Å²) in [5, 5.41) is 3.37. The van der Waals surface area contributed by atoms with Gasteiger partial charge in [-0.05, 0) is 67.8 Å². The second-order valence-corrected chi connectivity index (χ2v) is 7.05. The zero-order chi connectivity index (χ0) is 17.5. The van der Waals surface area contributed by atoms with Crippen molar-refractivity contribution in [2.24, 2.45) is 0 Å². The lowest BCUT2D eigenvalue weighted by atomic mass is 10.0. The topological polar surface area (TPSA) is 50.8 Å². The standard InChI is InChI=1S/C18H27BrN2O3/c1-4-23-17(22)12-24-18-14(8-13(2)9-16(18)19)10-21-7-5-6-15(11-21)20-3/h8-9,15,20H,4-7,10-12H2,1-3H3. The monoisotopic (exact) mass is 398 g/mol. The molecule has 1 aromatic carbocycles. The van der Waals surface area contributed by atoms with Crippen LogP contribution in [0.15, 0.2) is 16.6 Å². The lowest BCUT2D eigenvalue weighted by molar-refractivity contribution is -0.145. The largest absolute Gasteiger partial charge is 0.480 e. The Balaban J connectivity index is 2.10. The summed E-state index contributed by atoms with van der Waals surface area (Å²) in [5.74, 6) is 0.393. The van der Waals surface area contributed by atoms with Crippen molar-refractivity contribution in [2.75, 3.05) is 33.4 Å². The predicted octanol–water partition coefficient (Wildman–Crippen LogP) is 2.88. The van der Waals surface area contributed by atoms with Crippen molar-refractivity contribution in [3.63, 3.8) is 0 Å². The maximum Gasteiger partial charge on any atom is 0.344 e. The van der Waals surface area contributed by atoms with Gasteiger partial charge in [-0.25, -0.2) is 4.79 Å². The van der Waals surface area contributed by atoms with Gasteiger partial charge in [-0.1, -0.05) is 6.07 Å². The third kappa shape index (κ3) is 5.46. The average molecular weight is 399 g/mol. The molecule has 2 rings (SSSR count). The number of likely N-dealkylation sites (N-methyl/N-ethyl adjacent to an activating group) is 1.